The van der Waals surface area contributed by atoms with Crippen LogP contribution in [0.1, 0.15) is 27.7 Å². The van der Waals surface area contributed by atoms with E-state index in [2.05, 4.69) is 6.58 Å². The number of rotatable bonds is 6. The molecule has 0 aromatic carbocycles. The van der Waals surface area contributed by atoms with Crippen LogP contribution in [0.2, 0.25) is 0 Å². The molecule has 4 nitrogen and oxygen atoms in total. The van der Waals surface area contributed by atoms with Crippen LogP contribution >= 0.6 is 0 Å². The zero-order valence-corrected chi connectivity index (χ0v) is 10.4. The van der Waals surface area contributed by atoms with E-state index in [1.807, 2.05) is 13.8 Å². The molecular formula is C12H20O4. The molecule has 16 heavy (non-hydrogen) atoms. The molecule has 0 aliphatic rings. The van der Waals surface area contributed by atoms with Crippen LogP contribution in [0, 0.1) is 11.3 Å². The van der Waals surface area contributed by atoms with Crippen LogP contribution in [0.5, 0.6) is 0 Å². The first-order chi connectivity index (χ1) is 7.32. The molecule has 0 aliphatic heterocycles. The molecular weight excluding hydrogens is 208 g/mol. The van der Waals surface area contributed by atoms with Crippen molar-refractivity contribution < 1.29 is 19.1 Å². The van der Waals surface area contributed by atoms with Gasteiger partial charge in [0.2, 0.25) is 0 Å². The molecule has 0 aliphatic carbocycles. The first-order valence-electron chi connectivity index (χ1n) is 5.27. The Labute approximate surface area is 96.6 Å². The number of ether oxygens (including phenoxy) is 2. The highest BCUT2D eigenvalue weighted by Crippen LogP contribution is 2.20. The predicted octanol–water partition coefficient (Wildman–Crippen LogP) is 1.94. The smallest absolute Gasteiger partial charge is 0.323 e. The topological polar surface area (TPSA) is 52.6 Å². The Bertz CT molecular complexity index is 266. The molecule has 0 radical (unpaired) electrons. The van der Waals surface area contributed by atoms with Gasteiger partial charge < -0.3 is 9.47 Å². The van der Waals surface area contributed by atoms with Crippen LogP contribution in [0.3, 0.4) is 0 Å². The summed E-state index contributed by atoms with van der Waals surface area (Å²) in [4.78, 5) is 23.2. The van der Waals surface area contributed by atoms with E-state index in [1.165, 1.54) is 19.9 Å². The van der Waals surface area contributed by atoms with Crippen LogP contribution < -0.4 is 0 Å². The minimum Gasteiger partial charge on any atom is -0.465 e. The Hall–Kier alpha value is -1.32. The number of carbonyl (C=O) groups is 2. The van der Waals surface area contributed by atoms with Gasteiger partial charge in [-0.1, -0.05) is 26.5 Å². The molecule has 0 fully saturated rings. The molecule has 0 spiro atoms. The standard InChI is InChI=1S/C12H20O4/c1-6-7-15-10(13)12(4,5)11(14)16-8-9(2)3/h6,9H,1,7-8H2,2-5H3. The van der Waals surface area contributed by atoms with Gasteiger partial charge in [-0.2, -0.15) is 0 Å². The lowest BCUT2D eigenvalue weighted by atomic mass is 9.94. The Kier molecular flexibility index (Phi) is 5.78. The summed E-state index contributed by atoms with van der Waals surface area (Å²) in [7, 11) is 0. The minimum atomic E-state index is -1.27. The summed E-state index contributed by atoms with van der Waals surface area (Å²) in [5, 5.41) is 0. The van der Waals surface area contributed by atoms with E-state index in [0.717, 1.165) is 0 Å². The van der Waals surface area contributed by atoms with E-state index >= 15 is 0 Å². The van der Waals surface area contributed by atoms with E-state index in [4.69, 9.17) is 9.47 Å². The van der Waals surface area contributed by atoms with Crippen molar-refractivity contribution in [3.63, 3.8) is 0 Å². The highest BCUT2D eigenvalue weighted by molar-refractivity contribution is 5.99. The molecule has 0 atom stereocenters. The van der Waals surface area contributed by atoms with Crippen molar-refractivity contribution in [1.29, 1.82) is 0 Å². The van der Waals surface area contributed by atoms with Crippen LogP contribution in [0.15, 0.2) is 12.7 Å². The third-order valence-electron chi connectivity index (χ3n) is 1.90. The molecule has 0 aromatic heterocycles. The second kappa shape index (κ2) is 6.30. The summed E-state index contributed by atoms with van der Waals surface area (Å²) in [6.07, 6.45) is 1.45. The normalized spacial score (nSPS) is 11.1. The van der Waals surface area contributed by atoms with E-state index in [-0.39, 0.29) is 12.5 Å². The van der Waals surface area contributed by atoms with Crippen molar-refractivity contribution in [3.8, 4) is 0 Å². The maximum atomic E-state index is 11.6. The van der Waals surface area contributed by atoms with Crippen molar-refractivity contribution in [3.05, 3.63) is 12.7 Å². The summed E-state index contributed by atoms with van der Waals surface area (Å²) in [6.45, 7) is 10.7. The van der Waals surface area contributed by atoms with Crippen molar-refractivity contribution in [1.82, 2.24) is 0 Å². The fourth-order valence-corrected chi connectivity index (χ4v) is 0.821. The van der Waals surface area contributed by atoms with Gasteiger partial charge in [0.1, 0.15) is 6.61 Å². The van der Waals surface area contributed by atoms with Gasteiger partial charge in [-0.15, -0.1) is 0 Å². The Morgan fingerprint density at radius 1 is 1.25 bits per heavy atom. The molecule has 0 unspecified atom stereocenters. The quantitative estimate of drug-likeness (QED) is 0.396. The zero-order valence-electron chi connectivity index (χ0n) is 10.4. The SMILES string of the molecule is C=CCOC(=O)C(C)(C)C(=O)OCC(C)C. The highest BCUT2D eigenvalue weighted by atomic mass is 16.6. The van der Waals surface area contributed by atoms with Crippen molar-refractivity contribution in [2.45, 2.75) is 27.7 Å². The van der Waals surface area contributed by atoms with Crippen LogP contribution in [-0.2, 0) is 19.1 Å². The number of hydrogen-bond acceptors (Lipinski definition) is 4. The fourth-order valence-electron chi connectivity index (χ4n) is 0.821. The average molecular weight is 228 g/mol. The fraction of sp³-hybridized carbons (Fsp3) is 0.667. The molecule has 0 aromatic rings. The maximum absolute atomic E-state index is 11.6. The van der Waals surface area contributed by atoms with Gasteiger partial charge in [0.25, 0.3) is 0 Å². The minimum absolute atomic E-state index is 0.0969. The van der Waals surface area contributed by atoms with Gasteiger partial charge in [0, 0.05) is 0 Å². The van der Waals surface area contributed by atoms with E-state index in [0.29, 0.717) is 6.61 Å². The molecule has 0 bridgehead atoms. The molecule has 0 saturated carbocycles. The highest BCUT2D eigenvalue weighted by Gasteiger charge is 2.39. The predicted molar refractivity (Wildman–Crippen MR) is 60.7 cm³/mol. The van der Waals surface area contributed by atoms with Gasteiger partial charge in [-0.3, -0.25) is 9.59 Å². The first-order valence-corrected chi connectivity index (χ1v) is 5.27. The van der Waals surface area contributed by atoms with E-state index in [1.54, 1.807) is 0 Å². The molecule has 0 amide bonds. The third kappa shape index (κ3) is 4.47. The lowest BCUT2D eigenvalue weighted by Gasteiger charge is -2.20. The lowest BCUT2D eigenvalue weighted by molar-refractivity contribution is -0.169. The number of esters is 2. The molecule has 0 heterocycles. The Morgan fingerprint density at radius 2 is 1.75 bits per heavy atom. The van der Waals surface area contributed by atoms with Crippen LogP contribution in [0.4, 0.5) is 0 Å². The van der Waals surface area contributed by atoms with Gasteiger partial charge >= 0.3 is 11.9 Å². The second-order valence-electron chi connectivity index (χ2n) is 4.50. The molecule has 92 valence electrons. The van der Waals surface area contributed by atoms with Crippen molar-refractivity contribution in [2.24, 2.45) is 11.3 Å². The number of carbonyl (C=O) groups excluding carboxylic acids is 2. The van der Waals surface area contributed by atoms with Gasteiger partial charge in [0.15, 0.2) is 5.41 Å². The third-order valence-corrected chi connectivity index (χ3v) is 1.90. The zero-order chi connectivity index (χ0) is 12.8. The Balaban J connectivity index is 4.34. The second-order valence-corrected chi connectivity index (χ2v) is 4.50. The summed E-state index contributed by atoms with van der Waals surface area (Å²) in [5.41, 5.74) is -1.27. The summed E-state index contributed by atoms with van der Waals surface area (Å²) in [6, 6.07) is 0. The largest absolute Gasteiger partial charge is 0.465 e. The first kappa shape index (κ1) is 14.7. The molecule has 0 rings (SSSR count). The maximum Gasteiger partial charge on any atom is 0.323 e. The van der Waals surface area contributed by atoms with E-state index < -0.39 is 17.4 Å². The molecule has 0 N–H and O–H groups in total. The van der Waals surface area contributed by atoms with Gasteiger partial charge in [-0.25, -0.2) is 0 Å². The van der Waals surface area contributed by atoms with Crippen molar-refractivity contribution in [2.75, 3.05) is 13.2 Å². The number of hydrogen-bond donors (Lipinski definition) is 0. The van der Waals surface area contributed by atoms with E-state index in [9.17, 15) is 9.59 Å². The summed E-state index contributed by atoms with van der Waals surface area (Å²) in [5.74, 6) is -0.916. The van der Waals surface area contributed by atoms with Crippen LogP contribution in [0.25, 0.3) is 0 Å². The summed E-state index contributed by atoms with van der Waals surface area (Å²) < 4.78 is 9.83. The van der Waals surface area contributed by atoms with Crippen LogP contribution in [-0.4, -0.2) is 25.2 Å². The lowest BCUT2D eigenvalue weighted by Crippen LogP contribution is -2.37. The molecule has 0 saturated heterocycles. The Morgan fingerprint density at radius 3 is 2.19 bits per heavy atom. The average Bonchev–Trinajstić information content (AvgIpc) is 2.21. The van der Waals surface area contributed by atoms with Gasteiger partial charge in [0.05, 0.1) is 6.61 Å². The monoisotopic (exact) mass is 228 g/mol. The van der Waals surface area contributed by atoms with Gasteiger partial charge in [-0.05, 0) is 19.8 Å². The summed E-state index contributed by atoms with van der Waals surface area (Å²) >= 11 is 0. The van der Waals surface area contributed by atoms with Crippen molar-refractivity contribution >= 4 is 11.9 Å². The molecule has 4 heteroatoms.